The summed E-state index contributed by atoms with van der Waals surface area (Å²) < 4.78 is 0. The molecule has 4 aromatic rings. The number of aromatic amines is 1. The van der Waals surface area contributed by atoms with Crippen LogP contribution in [-0.4, -0.2) is 16.7 Å². The number of rotatable bonds is 6. The Labute approximate surface area is 162 Å². The second kappa shape index (κ2) is 7.40. The largest absolute Gasteiger partial charge is 0.371 e. The van der Waals surface area contributed by atoms with Gasteiger partial charge in [-0.05, 0) is 29.8 Å². The predicted octanol–water partition coefficient (Wildman–Crippen LogP) is 4.30. The molecule has 1 heterocycles. The molecule has 1 atom stereocenters. The molecule has 0 aliphatic carbocycles. The molecule has 0 aliphatic rings. The number of aromatic nitrogens is 1. The molecule has 0 radical (unpaired) electrons. The first kappa shape index (κ1) is 17.5. The van der Waals surface area contributed by atoms with Crippen molar-refractivity contribution in [3.63, 3.8) is 0 Å². The van der Waals surface area contributed by atoms with E-state index in [0.29, 0.717) is 16.8 Å². The Balaban J connectivity index is 1.75. The number of nitrogens with one attached hydrogen (secondary N) is 2. The van der Waals surface area contributed by atoms with Crippen LogP contribution in [0, 0.1) is 0 Å². The molecule has 0 saturated carbocycles. The highest BCUT2D eigenvalue weighted by Gasteiger charge is 2.24. The monoisotopic (exact) mass is 369 g/mol. The Morgan fingerprint density at radius 2 is 1.64 bits per heavy atom. The van der Waals surface area contributed by atoms with E-state index in [9.17, 15) is 9.59 Å². The van der Waals surface area contributed by atoms with E-state index < -0.39 is 11.9 Å². The molecule has 1 aromatic heterocycles. The van der Waals surface area contributed by atoms with Gasteiger partial charge >= 0.3 is 0 Å². The number of nitrogens with two attached hydrogens (primary N) is 1. The number of ketones is 1. The molecule has 28 heavy (non-hydrogen) atoms. The highest BCUT2D eigenvalue weighted by molar-refractivity contribution is 6.11. The number of amides is 1. The van der Waals surface area contributed by atoms with Crippen molar-refractivity contribution in [3.05, 3.63) is 102 Å². The smallest absolute Gasteiger partial charge is 0.248 e. The van der Waals surface area contributed by atoms with Crippen LogP contribution in [0.15, 0.2) is 85.1 Å². The lowest BCUT2D eigenvalue weighted by Crippen LogP contribution is -2.21. The summed E-state index contributed by atoms with van der Waals surface area (Å²) in [5.74, 6) is -0.573. The van der Waals surface area contributed by atoms with Crippen molar-refractivity contribution in [2.45, 2.75) is 6.04 Å². The van der Waals surface area contributed by atoms with Gasteiger partial charge in [-0.2, -0.15) is 0 Å². The van der Waals surface area contributed by atoms with Gasteiger partial charge in [-0.1, -0.05) is 54.6 Å². The number of hydrogen-bond donors (Lipinski definition) is 3. The summed E-state index contributed by atoms with van der Waals surface area (Å²) in [7, 11) is 0. The number of benzene rings is 3. The number of H-pyrrole nitrogens is 1. The maximum atomic E-state index is 13.5. The number of fused-ring (bicyclic) bond motifs is 1. The molecule has 4 rings (SSSR count). The van der Waals surface area contributed by atoms with E-state index in [4.69, 9.17) is 5.73 Å². The molecule has 0 bridgehead atoms. The Kier molecular flexibility index (Phi) is 4.64. The zero-order chi connectivity index (χ0) is 19.5. The van der Waals surface area contributed by atoms with Crippen LogP contribution in [0.3, 0.4) is 0 Å². The highest BCUT2D eigenvalue weighted by atomic mass is 16.1. The van der Waals surface area contributed by atoms with Gasteiger partial charge in [0.1, 0.15) is 6.04 Å². The van der Waals surface area contributed by atoms with Crippen LogP contribution >= 0.6 is 0 Å². The van der Waals surface area contributed by atoms with Crippen LogP contribution < -0.4 is 11.1 Å². The molecule has 5 heteroatoms. The predicted molar refractivity (Wildman–Crippen MR) is 110 cm³/mol. The van der Waals surface area contributed by atoms with Crippen molar-refractivity contribution >= 4 is 28.3 Å². The molecular weight excluding hydrogens is 350 g/mol. The number of carbonyl (C=O) groups excluding carboxylic acids is 2. The van der Waals surface area contributed by atoms with Crippen LogP contribution in [0.2, 0.25) is 0 Å². The lowest BCUT2D eigenvalue weighted by atomic mass is 9.96. The van der Waals surface area contributed by atoms with Gasteiger partial charge in [0.15, 0.2) is 5.78 Å². The number of anilines is 1. The van der Waals surface area contributed by atoms with Gasteiger partial charge in [0.05, 0.1) is 0 Å². The SMILES string of the molecule is NC(=O)c1cccc(NC(C(=O)c2c[nH]c3ccccc23)c2ccccc2)c1. The highest BCUT2D eigenvalue weighted by Crippen LogP contribution is 2.28. The first-order valence-corrected chi connectivity index (χ1v) is 8.95. The summed E-state index contributed by atoms with van der Waals surface area (Å²) >= 11 is 0. The van der Waals surface area contributed by atoms with E-state index in [2.05, 4.69) is 10.3 Å². The first-order chi connectivity index (χ1) is 13.6. The summed E-state index contributed by atoms with van der Waals surface area (Å²) in [4.78, 5) is 28.1. The van der Waals surface area contributed by atoms with Gasteiger partial charge in [0.2, 0.25) is 5.91 Å². The van der Waals surface area contributed by atoms with Crippen LogP contribution in [0.5, 0.6) is 0 Å². The molecule has 0 aliphatic heterocycles. The minimum absolute atomic E-state index is 0.0619. The standard InChI is InChI=1S/C23H19N3O2/c24-23(28)16-9-6-10-17(13-16)26-21(15-7-2-1-3-8-15)22(27)19-14-25-20-12-5-4-11-18(19)20/h1-14,21,25-26H,(H2,24,28). The Morgan fingerprint density at radius 3 is 2.43 bits per heavy atom. The van der Waals surface area contributed by atoms with Crippen LogP contribution in [-0.2, 0) is 0 Å². The minimum Gasteiger partial charge on any atom is -0.371 e. The molecular formula is C23H19N3O2. The number of para-hydroxylation sites is 1. The van der Waals surface area contributed by atoms with Crippen LogP contribution in [0.25, 0.3) is 10.9 Å². The molecule has 4 N–H and O–H groups in total. The summed E-state index contributed by atoms with van der Waals surface area (Å²) in [6.07, 6.45) is 1.74. The average Bonchev–Trinajstić information content (AvgIpc) is 3.16. The van der Waals surface area contributed by atoms with Gasteiger partial charge in [-0.3, -0.25) is 9.59 Å². The van der Waals surface area contributed by atoms with Gasteiger partial charge < -0.3 is 16.0 Å². The summed E-state index contributed by atoms with van der Waals surface area (Å²) in [6.45, 7) is 0. The lowest BCUT2D eigenvalue weighted by Gasteiger charge is -2.19. The van der Waals surface area contributed by atoms with Crippen molar-refractivity contribution in [3.8, 4) is 0 Å². The van der Waals surface area contributed by atoms with E-state index in [1.165, 1.54) is 0 Å². The number of hydrogen-bond acceptors (Lipinski definition) is 3. The van der Waals surface area contributed by atoms with Crippen molar-refractivity contribution in [1.82, 2.24) is 4.98 Å². The Bertz CT molecular complexity index is 1150. The maximum Gasteiger partial charge on any atom is 0.248 e. The molecule has 3 aromatic carbocycles. The van der Waals surface area contributed by atoms with Crippen molar-refractivity contribution < 1.29 is 9.59 Å². The summed E-state index contributed by atoms with van der Waals surface area (Å²) in [5.41, 5.74) is 8.78. The van der Waals surface area contributed by atoms with Gasteiger partial charge in [0, 0.05) is 33.9 Å². The molecule has 0 fully saturated rings. The van der Waals surface area contributed by atoms with E-state index in [1.807, 2.05) is 60.7 Å². The second-order valence-corrected chi connectivity index (χ2v) is 6.55. The second-order valence-electron chi connectivity index (χ2n) is 6.55. The molecule has 1 amide bonds. The van der Waals surface area contributed by atoms with Crippen molar-refractivity contribution in [2.75, 3.05) is 5.32 Å². The Morgan fingerprint density at radius 1 is 0.893 bits per heavy atom. The third-order valence-electron chi connectivity index (χ3n) is 4.71. The maximum absolute atomic E-state index is 13.5. The third kappa shape index (κ3) is 3.38. The molecule has 1 unspecified atom stereocenters. The van der Waals surface area contributed by atoms with E-state index >= 15 is 0 Å². The molecule has 138 valence electrons. The Hall–Kier alpha value is -3.86. The molecule has 0 saturated heterocycles. The third-order valence-corrected chi connectivity index (χ3v) is 4.71. The fraction of sp³-hybridized carbons (Fsp3) is 0.0435. The molecule has 0 spiro atoms. The lowest BCUT2D eigenvalue weighted by molar-refractivity contribution is 0.0969. The van der Waals surface area contributed by atoms with Gasteiger partial charge in [0.25, 0.3) is 0 Å². The fourth-order valence-corrected chi connectivity index (χ4v) is 3.31. The van der Waals surface area contributed by atoms with E-state index in [-0.39, 0.29) is 5.78 Å². The first-order valence-electron chi connectivity index (χ1n) is 8.95. The van der Waals surface area contributed by atoms with Crippen LogP contribution in [0.1, 0.15) is 32.3 Å². The van der Waals surface area contributed by atoms with Crippen molar-refractivity contribution in [1.29, 1.82) is 0 Å². The quantitative estimate of drug-likeness (QED) is 0.443. The van der Waals surface area contributed by atoms with E-state index in [1.54, 1.807) is 24.4 Å². The average molecular weight is 369 g/mol. The zero-order valence-corrected chi connectivity index (χ0v) is 15.1. The van der Waals surface area contributed by atoms with Gasteiger partial charge in [-0.25, -0.2) is 0 Å². The normalized spacial score (nSPS) is 11.9. The van der Waals surface area contributed by atoms with Crippen molar-refractivity contribution in [2.24, 2.45) is 5.73 Å². The zero-order valence-electron chi connectivity index (χ0n) is 15.1. The number of primary amides is 1. The minimum atomic E-state index is -0.608. The number of Topliss-reactive ketones (excluding diaryl/α,β-unsaturated/α-hetero) is 1. The fourth-order valence-electron chi connectivity index (χ4n) is 3.31. The van der Waals surface area contributed by atoms with Crippen LogP contribution in [0.4, 0.5) is 5.69 Å². The topological polar surface area (TPSA) is 88.0 Å². The summed E-state index contributed by atoms with van der Waals surface area (Å²) in [6, 6.07) is 23.4. The molecule has 5 nitrogen and oxygen atoms in total. The summed E-state index contributed by atoms with van der Waals surface area (Å²) in [5, 5.41) is 4.15. The van der Waals surface area contributed by atoms with E-state index in [0.717, 1.165) is 16.5 Å². The number of carbonyl (C=O) groups is 2. The van der Waals surface area contributed by atoms with Gasteiger partial charge in [-0.15, -0.1) is 0 Å².